The topological polar surface area (TPSA) is 115 Å². The van der Waals surface area contributed by atoms with E-state index in [9.17, 15) is 14.4 Å². The van der Waals surface area contributed by atoms with Gasteiger partial charge in [-0.05, 0) is 66.6 Å². The van der Waals surface area contributed by atoms with Crippen molar-refractivity contribution in [3.63, 3.8) is 0 Å². The summed E-state index contributed by atoms with van der Waals surface area (Å²) >= 11 is 7.63. The molecular weight excluding hydrogens is 626 g/mol. The van der Waals surface area contributed by atoms with Gasteiger partial charge in [-0.1, -0.05) is 54.9 Å². The van der Waals surface area contributed by atoms with Crippen LogP contribution in [0.15, 0.2) is 102 Å². The minimum atomic E-state index is -0.525. The molecule has 1 atom stereocenters. The van der Waals surface area contributed by atoms with Crippen LogP contribution in [0, 0.1) is 0 Å². The van der Waals surface area contributed by atoms with Crippen LogP contribution in [0.4, 0.5) is 11.4 Å². The van der Waals surface area contributed by atoms with Crippen LogP contribution in [0.2, 0.25) is 5.02 Å². The van der Waals surface area contributed by atoms with E-state index in [-0.39, 0.29) is 11.6 Å². The molecule has 4 aromatic carbocycles. The van der Waals surface area contributed by atoms with Crippen molar-refractivity contribution >= 4 is 58.5 Å². The van der Waals surface area contributed by atoms with Crippen LogP contribution >= 0.6 is 23.4 Å². The van der Waals surface area contributed by atoms with E-state index in [0.717, 1.165) is 4.90 Å². The molecule has 0 saturated carbocycles. The first kappa shape index (κ1) is 34.0. The molecule has 0 aromatic heterocycles. The second kappa shape index (κ2) is 16.4. The summed E-state index contributed by atoms with van der Waals surface area (Å²) in [7, 11) is 4.54. The molecule has 11 heteroatoms. The van der Waals surface area contributed by atoms with Crippen molar-refractivity contribution in [3.8, 4) is 17.2 Å². The van der Waals surface area contributed by atoms with Crippen LogP contribution in [-0.2, 0) is 9.59 Å². The van der Waals surface area contributed by atoms with E-state index >= 15 is 0 Å². The first-order valence-electron chi connectivity index (χ1n) is 14.3. The number of hydrogen-bond donors (Lipinski definition) is 3. The predicted octanol–water partition coefficient (Wildman–Crippen LogP) is 7.28. The summed E-state index contributed by atoms with van der Waals surface area (Å²) < 4.78 is 16.0. The first-order valence-corrected chi connectivity index (χ1v) is 15.5. The van der Waals surface area contributed by atoms with Crippen molar-refractivity contribution in [3.05, 3.63) is 113 Å². The number of rotatable bonds is 13. The van der Waals surface area contributed by atoms with Gasteiger partial charge < -0.3 is 30.2 Å². The largest absolute Gasteiger partial charge is 0.497 e. The minimum Gasteiger partial charge on any atom is -0.497 e. The summed E-state index contributed by atoms with van der Waals surface area (Å²) in [6.45, 7) is 1.91. The first-order chi connectivity index (χ1) is 22.2. The SMILES string of the molecule is CCC(Sc1cccc(NC(=O)/C(=C/c2cccc(OC)c2)NC(=O)c2ccccc2)c1)C(=O)Nc1cc(Cl)c(OC)cc1OC. The highest BCUT2D eigenvalue weighted by atomic mass is 35.5. The number of methoxy groups -OCH3 is 3. The Hall–Kier alpha value is -4.93. The molecule has 0 saturated heterocycles. The van der Waals surface area contributed by atoms with Crippen LogP contribution in [0.25, 0.3) is 6.08 Å². The van der Waals surface area contributed by atoms with E-state index in [1.165, 1.54) is 26.0 Å². The van der Waals surface area contributed by atoms with Crippen LogP contribution in [-0.4, -0.2) is 44.3 Å². The quantitative estimate of drug-likeness (QED) is 0.102. The molecular formula is C35H34ClN3O6S. The van der Waals surface area contributed by atoms with Crippen LogP contribution in [0.3, 0.4) is 0 Å². The van der Waals surface area contributed by atoms with Crippen molar-refractivity contribution in [2.45, 2.75) is 23.5 Å². The highest BCUT2D eigenvalue weighted by Gasteiger charge is 2.21. The number of nitrogens with one attached hydrogen (secondary N) is 3. The average molecular weight is 660 g/mol. The highest BCUT2D eigenvalue weighted by Crippen LogP contribution is 2.37. The fourth-order valence-electron chi connectivity index (χ4n) is 4.34. The lowest BCUT2D eigenvalue weighted by Gasteiger charge is -2.18. The van der Waals surface area contributed by atoms with Gasteiger partial charge in [0.15, 0.2) is 0 Å². The van der Waals surface area contributed by atoms with Crippen molar-refractivity contribution < 1.29 is 28.6 Å². The maximum absolute atomic E-state index is 13.5. The van der Waals surface area contributed by atoms with Gasteiger partial charge in [-0.25, -0.2) is 0 Å². The average Bonchev–Trinajstić information content (AvgIpc) is 3.07. The number of halogens is 1. The highest BCUT2D eigenvalue weighted by molar-refractivity contribution is 8.00. The fourth-order valence-corrected chi connectivity index (χ4v) is 5.60. The summed E-state index contributed by atoms with van der Waals surface area (Å²) in [5, 5.41) is 8.37. The third-order valence-electron chi connectivity index (χ3n) is 6.70. The normalized spacial score (nSPS) is 11.6. The number of anilines is 2. The molecule has 0 spiro atoms. The van der Waals surface area contributed by atoms with Gasteiger partial charge in [0.25, 0.3) is 11.8 Å². The number of thioether (sulfide) groups is 1. The fraction of sp³-hybridized carbons (Fsp3) is 0.171. The molecule has 3 N–H and O–H groups in total. The Balaban J connectivity index is 1.52. The number of ether oxygens (including phenoxy) is 3. The molecule has 0 bridgehead atoms. The van der Waals surface area contributed by atoms with Gasteiger partial charge in [-0.3, -0.25) is 14.4 Å². The lowest BCUT2D eigenvalue weighted by Crippen LogP contribution is -2.30. The third kappa shape index (κ3) is 9.06. The molecule has 238 valence electrons. The third-order valence-corrected chi connectivity index (χ3v) is 8.35. The van der Waals surface area contributed by atoms with Crippen molar-refractivity contribution in [1.29, 1.82) is 0 Å². The molecule has 0 heterocycles. The van der Waals surface area contributed by atoms with Gasteiger partial charge in [0, 0.05) is 22.2 Å². The van der Waals surface area contributed by atoms with Crippen molar-refractivity contribution in [2.75, 3.05) is 32.0 Å². The van der Waals surface area contributed by atoms with Gasteiger partial charge in [0.1, 0.15) is 22.9 Å². The van der Waals surface area contributed by atoms with E-state index in [4.69, 9.17) is 25.8 Å². The summed E-state index contributed by atoms with van der Waals surface area (Å²) in [4.78, 5) is 40.6. The summed E-state index contributed by atoms with van der Waals surface area (Å²) in [5.74, 6) is 0.252. The second-order valence-corrected chi connectivity index (χ2v) is 11.5. The van der Waals surface area contributed by atoms with E-state index in [0.29, 0.717) is 51.2 Å². The van der Waals surface area contributed by atoms with Crippen molar-refractivity contribution in [2.24, 2.45) is 0 Å². The Bertz CT molecular complexity index is 1730. The van der Waals surface area contributed by atoms with Crippen molar-refractivity contribution in [1.82, 2.24) is 5.32 Å². The van der Waals surface area contributed by atoms with Gasteiger partial charge >= 0.3 is 0 Å². The Morgan fingerprint density at radius 2 is 1.57 bits per heavy atom. The summed E-state index contributed by atoms with van der Waals surface area (Å²) in [6, 6.07) is 26.1. The van der Waals surface area contributed by atoms with E-state index < -0.39 is 17.1 Å². The molecule has 46 heavy (non-hydrogen) atoms. The number of carbonyl (C=O) groups excluding carboxylic acids is 3. The Morgan fingerprint density at radius 1 is 0.826 bits per heavy atom. The number of carbonyl (C=O) groups is 3. The molecule has 0 aliphatic carbocycles. The Morgan fingerprint density at radius 3 is 2.26 bits per heavy atom. The zero-order valence-electron chi connectivity index (χ0n) is 25.8. The lowest BCUT2D eigenvalue weighted by atomic mass is 10.1. The number of amides is 3. The molecule has 0 aliphatic rings. The zero-order valence-corrected chi connectivity index (χ0v) is 27.3. The maximum atomic E-state index is 13.5. The molecule has 0 aliphatic heterocycles. The van der Waals surface area contributed by atoms with E-state index in [1.807, 2.05) is 13.0 Å². The second-order valence-electron chi connectivity index (χ2n) is 9.83. The minimum absolute atomic E-state index is 0.0399. The molecule has 9 nitrogen and oxygen atoms in total. The number of hydrogen-bond acceptors (Lipinski definition) is 7. The molecule has 4 rings (SSSR count). The maximum Gasteiger partial charge on any atom is 0.272 e. The molecule has 4 aromatic rings. The summed E-state index contributed by atoms with van der Waals surface area (Å²) in [5.41, 5.74) is 2.01. The van der Waals surface area contributed by atoms with Crippen LogP contribution < -0.4 is 30.2 Å². The molecule has 3 amide bonds. The van der Waals surface area contributed by atoms with Gasteiger partial charge in [0.05, 0.1) is 37.3 Å². The van der Waals surface area contributed by atoms with Gasteiger partial charge in [-0.15, -0.1) is 11.8 Å². The standard InChI is InChI=1S/C35H34ClN3O6S/c1-5-32(35(42)38-28-20-27(36)30(44-3)21-31(28)45-4)46-26-16-10-14-24(19-26)37-34(41)29(18-22-11-9-15-25(17-22)43-2)39-33(40)23-12-7-6-8-13-23/h6-21,32H,5H2,1-4H3,(H,37,41)(H,38,42)(H,39,40)/b29-18-. The Labute approximate surface area is 277 Å². The van der Waals surface area contributed by atoms with Gasteiger partial charge in [-0.2, -0.15) is 0 Å². The van der Waals surface area contributed by atoms with Crippen LogP contribution in [0.5, 0.6) is 17.2 Å². The monoisotopic (exact) mass is 659 g/mol. The van der Waals surface area contributed by atoms with E-state index in [2.05, 4.69) is 16.0 Å². The van der Waals surface area contributed by atoms with Crippen LogP contribution in [0.1, 0.15) is 29.3 Å². The number of benzene rings is 4. The molecule has 0 fully saturated rings. The summed E-state index contributed by atoms with van der Waals surface area (Å²) in [6.07, 6.45) is 2.10. The zero-order chi connectivity index (χ0) is 33.1. The lowest BCUT2D eigenvalue weighted by molar-refractivity contribution is -0.116. The molecule has 1 unspecified atom stereocenters. The van der Waals surface area contributed by atoms with E-state index in [1.54, 1.807) is 98.1 Å². The predicted molar refractivity (Wildman–Crippen MR) is 183 cm³/mol. The Kier molecular flexibility index (Phi) is 12.1. The smallest absolute Gasteiger partial charge is 0.272 e. The van der Waals surface area contributed by atoms with Gasteiger partial charge in [0.2, 0.25) is 5.91 Å². The molecule has 0 radical (unpaired) electrons.